The van der Waals surface area contributed by atoms with Crippen molar-refractivity contribution in [3.05, 3.63) is 102 Å². The van der Waals surface area contributed by atoms with Gasteiger partial charge in [-0.05, 0) is 30.2 Å². The third-order valence-electron chi connectivity index (χ3n) is 4.35. The van der Waals surface area contributed by atoms with E-state index < -0.39 is 0 Å². The molecule has 3 aromatic carbocycles. The van der Waals surface area contributed by atoms with E-state index in [-0.39, 0.29) is 17.3 Å². The van der Waals surface area contributed by atoms with E-state index in [9.17, 15) is 4.79 Å². The molecule has 0 aliphatic carbocycles. The quantitative estimate of drug-likeness (QED) is 0.486. The van der Waals surface area contributed by atoms with Gasteiger partial charge in [0.15, 0.2) is 0 Å². The lowest BCUT2D eigenvalue weighted by molar-refractivity contribution is -0.115. The lowest BCUT2D eigenvalue weighted by atomic mass is 10.0. The monoisotopic (exact) mass is 391 g/mol. The summed E-state index contributed by atoms with van der Waals surface area (Å²) in [5.74, 6) is 0.762. The number of para-hydroxylation sites is 1. The van der Waals surface area contributed by atoms with E-state index in [2.05, 4.69) is 29.6 Å². The van der Waals surface area contributed by atoms with Gasteiger partial charge in [-0.25, -0.2) is 0 Å². The van der Waals surface area contributed by atoms with Gasteiger partial charge in [-0.15, -0.1) is 11.8 Å². The topological polar surface area (TPSA) is 38.3 Å². The molecule has 1 atom stereocenters. The molecule has 0 spiro atoms. The molecule has 0 bridgehead atoms. The molecular weight excluding hydrogens is 366 g/mol. The SMILES string of the molecule is CC(SCCOC(c1ccccc1)c1ccccc1)C(=O)Nc1ccccc1. The molecule has 3 aromatic rings. The van der Waals surface area contributed by atoms with E-state index in [1.165, 1.54) is 0 Å². The zero-order valence-electron chi connectivity index (χ0n) is 16.0. The predicted octanol–water partition coefficient (Wildman–Crippen LogP) is 5.55. The number of hydrogen-bond donors (Lipinski definition) is 1. The number of hydrogen-bond acceptors (Lipinski definition) is 3. The Hall–Kier alpha value is -2.56. The molecule has 3 rings (SSSR count). The molecule has 1 N–H and O–H groups in total. The van der Waals surface area contributed by atoms with Gasteiger partial charge in [0.05, 0.1) is 11.9 Å². The molecule has 0 radical (unpaired) electrons. The van der Waals surface area contributed by atoms with Crippen LogP contribution in [0.4, 0.5) is 5.69 Å². The van der Waals surface area contributed by atoms with Crippen molar-refractivity contribution in [3.63, 3.8) is 0 Å². The van der Waals surface area contributed by atoms with Crippen LogP contribution in [0.3, 0.4) is 0 Å². The third-order valence-corrected chi connectivity index (χ3v) is 5.47. The molecular formula is C24H25NO2S. The van der Waals surface area contributed by atoms with E-state index >= 15 is 0 Å². The summed E-state index contributed by atoms with van der Waals surface area (Å²) in [6.45, 7) is 2.50. The van der Waals surface area contributed by atoms with Crippen molar-refractivity contribution in [1.82, 2.24) is 0 Å². The van der Waals surface area contributed by atoms with Gasteiger partial charge in [-0.1, -0.05) is 78.9 Å². The number of rotatable bonds is 9. The van der Waals surface area contributed by atoms with Crippen molar-refractivity contribution >= 4 is 23.4 Å². The Morgan fingerprint density at radius 3 is 1.89 bits per heavy atom. The minimum absolute atomic E-state index is 0.0128. The Morgan fingerprint density at radius 2 is 1.36 bits per heavy atom. The zero-order chi connectivity index (χ0) is 19.6. The highest BCUT2D eigenvalue weighted by Gasteiger charge is 2.16. The molecule has 0 saturated carbocycles. The lowest BCUT2D eigenvalue weighted by Crippen LogP contribution is -2.23. The summed E-state index contributed by atoms with van der Waals surface area (Å²) >= 11 is 1.60. The Bertz CT molecular complexity index is 801. The Kier molecular flexibility index (Phi) is 7.71. The van der Waals surface area contributed by atoms with Gasteiger partial charge in [-0.2, -0.15) is 0 Å². The Labute approximate surface area is 171 Å². The van der Waals surface area contributed by atoms with Crippen LogP contribution in [0.15, 0.2) is 91.0 Å². The number of benzene rings is 3. The molecule has 28 heavy (non-hydrogen) atoms. The number of carbonyl (C=O) groups excluding carboxylic acids is 1. The summed E-state index contributed by atoms with van der Waals surface area (Å²) in [5, 5.41) is 2.80. The first-order valence-electron chi connectivity index (χ1n) is 9.43. The van der Waals surface area contributed by atoms with Crippen LogP contribution in [0, 0.1) is 0 Å². The van der Waals surface area contributed by atoms with Gasteiger partial charge in [-0.3, -0.25) is 4.79 Å². The van der Waals surface area contributed by atoms with E-state index in [1.54, 1.807) is 11.8 Å². The first-order chi connectivity index (χ1) is 13.7. The molecule has 1 unspecified atom stereocenters. The van der Waals surface area contributed by atoms with E-state index in [1.807, 2.05) is 73.7 Å². The second kappa shape index (κ2) is 10.7. The Morgan fingerprint density at radius 1 is 0.857 bits per heavy atom. The van der Waals surface area contributed by atoms with Crippen LogP contribution in [0.5, 0.6) is 0 Å². The standard InChI is InChI=1S/C24H25NO2S/c1-19(24(26)25-22-15-9-4-10-16-22)28-18-17-27-23(20-11-5-2-6-12-20)21-13-7-3-8-14-21/h2-16,19,23H,17-18H2,1H3,(H,25,26). The summed E-state index contributed by atoms with van der Waals surface area (Å²) in [4.78, 5) is 12.3. The third kappa shape index (κ3) is 5.98. The van der Waals surface area contributed by atoms with Gasteiger partial charge in [0.2, 0.25) is 5.91 Å². The van der Waals surface area contributed by atoms with Crippen LogP contribution in [0.1, 0.15) is 24.2 Å². The van der Waals surface area contributed by atoms with E-state index in [4.69, 9.17) is 4.74 Å². The van der Waals surface area contributed by atoms with Gasteiger partial charge in [0.25, 0.3) is 0 Å². The number of nitrogens with one attached hydrogen (secondary N) is 1. The molecule has 0 aromatic heterocycles. The Balaban J connectivity index is 1.51. The second-order valence-electron chi connectivity index (χ2n) is 6.44. The minimum atomic E-state index is -0.143. The van der Waals surface area contributed by atoms with Crippen molar-refractivity contribution in [2.24, 2.45) is 0 Å². The van der Waals surface area contributed by atoms with Crippen molar-refractivity contribution in [2.45, 2.75) is 18.3 Å². The highest BCUT2D eigenvalue weighted by atomic mass is 32.2. The minimum Gasteiger partial charge on any atom is -0.368 e. The number of thioether (sulfide) groups is 1. The van der Waals surface area contributed by atoms with Gasteiger partial charge < -0.3 is 10.1 Å². The fourth-order valence-electron chi connectivity index (χ4n) is 2.87. The van der Waals surface area contributed by atoms with E-state index in [0.717, 1.165) is 22.6 Å². The average molecular weight is 392 g/mol. The largest absolute Gasteiger partial charge is 0.368 e. The summed E-state index contributed by atoms with van der Waals surface area (Å²) in [6, 6.07) is 30.0. The molecule has 0 fully saturated rings. The first-order valence-corrected chi connectivity index (χ1v) is 10.5. The first kappa shape index (κ1) is 20.2. The van der Waals surface area contributed by atoms with Crippen LogP contribution < -0.4 is 5.32 Å². The lowest BCUT2D eigenvalue weighted by Gasteiger charge is -2.19. The summed E-state index contributed by atoms with van der Waals surface area (Å²) < 4.78 is 6.21. The highest BCUT2D eigenvalue weighted by molar-refractivity contribution is 8.00. The number of ether oxygens (including phenoxy) is 1. The van der Waals surface area contributed by atoms with Gasteiger partial charge in [0.1, 0.15) is 6.10 Å². The molecule has 144 valence electrons. The number of anilines is 1. The maximum absolute atomic E-state index is 12.3. The maximum atomic E-state index is 12.3. The average Bonchev–Trinajstić information content (AvgIpc) is 2.75. The van der Waals surface area contributed by atoms with Crippen molar-refractivity contribution in [2.75, 3.05) is 17.7 Å². The fraction of sp³-hybridized carbons (Fsp3) is 0.208. The van der Waals surface area contributed by atoms with Crippen LogP contribution in [-0.4, -0.2) is 23.5 Å². The number of amides is 1. The molecule has 3 nitrogen and oxygen atoms in total. The van der Waals surface area contributed by atoms with Crippen LogP contribution >= 0.6 is 11.8 Å². The van der Waals surface area contributed by atoms with Gasteiger partial charge in [0, 0.05) is 11.4 Å². The number of carbonyl (C=O) groups is 1. The van der Waals surface area contributed by atoms with Crippen molar-refractivity contribution in [1.29, 1.82) is 0 Å². The zero-order valence-corrected chi connectivity index (χ0v) is 16.8. The van der Waals surface area contributed by atoms with E-state index in [0.29, 0.717) is 6.61 Å². The normalized spacial score (nSPS) is 11.9. The molecule has 4 heteroatoms. The maximum Gasteiger partial charge on any atom is 0.237 e. The van der Waals surface area contributed by atoms with Crippen molar-refractivity contribution in [3.8, 4) is 0 Å². The molecule has 0 aliphatic rings. The predicted molar refractivity (Wildman–Crippen MR) is 118 cm³/mol. The van der Waals surface area contributed by atoms with Crippen LogP contribution in [0.25, 0.3) is 0 Å². The van der Waals surface area contributed by atoms with Crippen LogP contribution in [-0.2, 0) is 9.53 Å². The van der Waals surface area contributed by atoms with Gasteiger partial charge >= 0.3 is 0 Å². The fourth-order valence-corrected chi connectivity index (χ4v) is 3.63. The second-order valence-corrected chi connectivity index (χ2v) is 7.89. The molecule has 0 aliphatic heterocycles. The smallest absolute Gasteiger partial charge is 0.237 e. The van der Waals surface area contributed by atoms with Crippen LogP contribution in [0.2, 0.25) is 0 Å². The molecule has 1 amide bonds. The summed E-state index contributed by atoms with van der Waals surface area (Å²) in [6.07, 6.45) is -0.101. The molecule has 0 heterocycles. The summed E-state index contributed by atoms with van der Waals surface area (Å²) in [5.41, 5.74) is 3.09. The summed E-state index contributed by atoms with van der Waals surface area (Å²) in [7, 11) is 0. The molecule has 0 saturated heterocycles. The highest BCUT2D eigenvalue weighted by Crippen LogP contribution is 2.26. The van der Waals surface area contributed by atoms with Crippen molar-refractivity contribution < 1.29 is 9.53 Å².